The van der Waals surface area contributed by atoms with Crippen LogP contribution in [0.15, 0.2) is 78.9 Å². The topological polar surface area (TPSA) is 24.9 Å². The van der Waals surface area contributed by atoms with Crippen molar-refractivity contribution in [2.45, 2.75) is 12.6 Å². The number of methoxy groups -OCH3 is 1. The lowest BCUT2D eigenvalue weighted by molar-refractivity contribution is 0.117. The first-order valence-corrected chi connectivity index (χ1v) is 11.4. The zero-order valence-corrected chi connectivity index (χ0v) is 18.6. The minimum atomic E-state index is 0.181. The van der Waals surface area contributed by atoms with Crippen molar-refractivity contribution in [1.29, 1.82) is 0 Å². The highest BCUT2D eigenvalue weighted by Crippen LogP contribution is 2.41. The van der Waals surface area contributed by atoms with E-state index in [1.165, 1.54) is 22.3 Å². The molecule has 1 fully saturated rings. The lowest BCUT2D eigenvalue weighted by atomic mass is 9.93. The lowest BCUT2D eigenvalue weighted by Gasteiger charge is -2.39. The minimum absolute atomic E-state index is 0.181. The standard InChI is InChI=1S/C28H30N2O2/c1-31-24-13-14-27-26(20-24)28(25-12-6-5-11-23(25)21-32-27)30-18-16-29(17-19-30)15-7-10-22-8-3-2-4-9-22/h2-14,20,28H,15-19,21H2,1H3/b10-7+. The fourth-order valence-corrected chi connectivity index (χ4v) is 4.75. The summed E-state index contributed by atoms with van der Waals surface area (Å²) >= 11 is 0. The van der Waals surface area contributed by atoms with Gasteiger partial charge in [-0.3, -0.25) is 9.80 Å². The van der Waals surface area contributed by atoms with Crippen LogP contribution < -0.4 is 9.47 Å². The molecule has 5 rings (SSSR count). The summed E-state index contributed by atoms with van der Waals surface area (Å²) in [7, 11) is 1.73. The Hall–Kier alpha value is -3.08. The lowest BCUT2D eigenvalue weighted by Crippen LogP contribution is -2.47. The van der Waals surface area contributed by atoms with Crippen LogP contribution in [0.25, 0.3) is 6.08 Å². The molecule has 0 saturated carbocycles. The van der Waals surface area contributed by atoms with Gasteiger partial charge in [0, 0.05) is 38.3 Å². The Morgan fingerprint density at radius 1 is 0.906 bits per heavy atom. The summed E-state index contributed by atoms with van der Waals surface area (Å²) in [4.78, 5) is 5.13. The van der Waals surface area contributed by atoms with Gasteiger partial charge in [-0.25, -0.2) is 0 Å². The van der Waals surface area contributed by atoms with Gasteiger partial charge in [-0.2, -0.15) is 0 Å². The first-order chi connectivity index (χ1) is 15.8. The number of fused-ring (bicyclic) bond motifs is 2. The fourth-order valence-electron chi connectivity index (χ4n) is 4.75. The normalized spacial score (nSPS) is 19.1. The van der Waals surface area contributed by atoms with E-state index in [2.05, 4.69) is 88.7 Å². The van der Waals surface area contributed by atoms with Crippen molar-refractivity contribution >= 4 is 6.08 Å². The predicted octanol–water partition coefficient (Wildman–Crippen LogP) is 5.01. The highest BCUT2D eigenvalue weighted by atomic mass is 16.5. The highest BCUT2D eigenvalue weighted by molar-refractivity contribution is 5.50. The third kappa shape index (κ3) is 4.43. The van der Waals surface area contributed by atoms with Gasteiger partial charge in [0.05, 0.1) is 13.2 Å². The molecule has 0 N–H and O–H groups in total. The summed E-state index contributed by atoms with van der Waals surface area (Å²) in [6.07, 6.45) is 4.49. The maximum atomic E-state index is 6.21. The Labute approximate surface area is 190 Å². The van der Waals surface area contributed by atoms with Gasteiger partial charge < -0.3 is 9.47 Å². The van der Waals surface area contributed by atoms with Crippen LogP contribution in [0.4, 0.5) is 0 Å². The van der Waals surface area contributed by atoms with Crippen LogP contribution in [0, 0.1) is 0 Å². The Morgan fingerprint density at radius 2 is 1.69 bits per heavy atom. The summed E-state index contributed by atoms with van der Waals surface area (Å²) < 4.78 is 11.8. The summed E-state index contributed by atoms with van der Waals surface area (Å²) in [5.74, 6) is 1.83. The average Bonchev–Trinajstić information content (AvgIpc) is 3.01. The van der Waals surface area contributed by atoms with Crippen molar-refractivity contribution < 1.29 is 9.47 Å². The van der Waals surface area contributed by atoms with Crippen LogP contribution >= 0.6 is 0 Å². The van der Waals surface area contributed by atoms with E-state index >= 15 is 0 Å². The van der Waals surface area contributed by atoms with Crippen LogP contribution in [-0.2, 0) is 6.61 Å². The molecule has 0 aliphatic carbocycles. The molecule has 0 amide bonds. The van der Waals surface area contributed by atoms with E-state index < -0.39 is 0 Å². The molecule has 0 bridgehead atoms. The van der Waals surface area contributed by atoms with Crippen molar-refractivity contribution in [3.8, 4) is 11.5 Å². The van der Waals surface area contributed by atoms with E-state index in [4.69, 9.17) is 9.47 Å². The Morgan fingerprint density at radius 3 is 2.50 bits per heavy atom. The quantitative estimate of drug-likeness (QED) is 0.573. The number of piperazine rings is 1. The number of ether oxygens (including phenoxy) is 2. The molecule has 0 radical (unpaired) electrons. The molecule has 1 atom stereocenters. The van der Waals surface area contributed by atoms with Gasteiger partial charge in [0.25, 0.3) is 0 Å². The molecular formula is C28H30N2O2. The largest absolute Gasteiger partial charge is 0.497 e. The second-order valence-corrected chi connectivity index (χ2v) is 8.44. The molecule has 3 aromatic carbocycles. The Bertz CT molecular complexity index is 1070. The van der Waals surface area contributed by atoms with Gasteiger partial charge in [0.2, 0.25) is 0 Å². The van der Waals surface area contributed by atoms with Crippen LogP contribution in [0.2, 0.25) is 0 Å². The average molecular weight is 427 g/mol. The second kappa shape index (κ2) is 9.60. The van der Waals surface area contributed by atoms with E-state index in [9.17, 15) is 0 Å². The van der Waals surface area contributed by atoms with E-state index in [0.29, 0.717) is 6.61 Å². The van der Waals surface area contributed by atoms with Crippen LogP contribution in [-0.4, -0.2) is 49.6 Å². The van der Waals surface area contributed by atoms with Crippen molar-refractivity contribution in [3.05, 3.63) is 101 Å². The van der Waals surface area contributed by atoms with Crippen molar-refractivity contribution in [1.82, 2.24) is 9.80 Å². The summed E-state index contributed by atoms with van der Waals surface area (Å²) in [5.41, 5.74) is 5.07. The molecule has 1 saturated heterocycles. The van der Waals surface area contributed by atoms with Gasteiger partial charge in [-0.1, -0.05) is 66.7 Å². The fraction of sp³-hybridized carbons (Fsp3) is 0.286. The molecule has 164 valence electrons. The summed E-state index contributed by atoms with van der Waals surface area (Å²) in [6.45, 7) is 5.74. The molecule has 1 unspecified atom stereocenters. The van der Waals surface area contributed by atoms with Crippen LogP contribution in [0.3, 0.4) is 0 Å². The van der Waals surface area contributed by atoms with E-state index in [1.54, 1.807) is 7.11 Å². The number of nitrogens with zero attached hydrogens (tertiary/aromatic N) is 2. The van der Waals surface area contributed by atoms with Gasteiger partial charge in [0.15, 0.2) is 0 Å². The van der Waals surface area contributed by atoms with Crippen molar-refractivity contribution in [2.75, 3.05) is 39.8 Å². The SMILES string of the molecule is COc1ccc2c(c1)C(N1CCN(C/C=C/c3ccccc3)CC1)c1ccccc1CO2. The highest BCUT2D eigenvalue weighted by Gasteiger charge is 2.32. The number of hydrogen-bond acceptors (Lipinski definition) is 4. The zero-order valence-electron chi connectivity index (χ0n) is 18.6. The van der Waals surface area contributed by atoms with Gasteiger partial charge in [-0.15, -0.1) is 0 Å². The maximum Gasteiger partial charge on any atom is 0.125 e. The molecule has 2 aliphatic heterocycles. The van der Waals surface area contributed by atoms with Gasteiger partial charge >= 0.3 is 0 Å². The predicted molar refractivity (Wildman–Crippen MR) is 129 cm³/mol. The Kier molecular flexibility index (Phi) is 6.24. The molecular weight excluding hydrogens is 396 g/mol. The number of benzene rings is 3. The molecule has 2 heterocycles. The second-order valence-electron chi connectivity index (χ2n) is 8.44. The first-order valence-electron chi connectivity index (χ1n) is 11.4. The van der Waals surface area contributed by atoms with Crippen LogP contribution in [0.5, 0.6) is 11.5 Å². The first kappa shape index (κ1) is 20.8. The third-order valence-corrected chi connectivity index (χ3v) is 6.49. The molecule has 2 aliphatic rings. The minimum Gasteiger partial charge on any atom is -0.497 e. The molecule has 0 spiro atoms. The van der Waals surface area contributed by atoms with Crippen molar-refractivity contribution in [2.24, 2.45) is 0 Å². The summed E-state index contributed by atoms with van der Waals surface area (Å²) in [6, 6.07) is 25.6. The molecule has 4 heteroatoms. The molecule has 3 aromatic rings. The molecule has 32 heavy (non-hydrogen) atoms. The molecule has 0 aromatic heterocycles. The van der Waals surface area contributed by atoms with E-state index in [-0.39, 0.29) is 6.04 Å². The van der Waals surface area contributed by atoms with E-state index in [1.807, 2.05) is 6.07 Å². The van der Waals surface area contributed by atoms with E-state index in [0.717, 1.165) is 44.2 Å². The van der Waals surface area contributed by atoms with Gasteiger partial charge in [-0.05, 0) is 34.9 Å². The zero-order chi connectivity index (χ0) is 21.8. The summed E-state index contributed by atoms with van der Waals surface area (Å²) in [5, 5.41) is 0. The van der Waals surface area contributed by atoms with Crippen LogP contribution in [0.1, 0.15) is 28.3 Å². The molecule has 4 nitrogen and oxygen atoms in total. The third-order valence-electron chi connectivity index (χ3n) is 6.49. The maximum absolute atomic E-state index is 6.21. The number of hydrogen-bond donors (Lipinski definition) is 0. The smallest absolute Gasteiger partial charge is 0.125 e. The monoisotopic (exact) mass is 426 g/mol. The van der Waals surface area contributed by atoms with Crippen molar-refractivity contribution in [3.63, 3.8) is 0 Å². The Balaban J connectivity index is 1.34. The van der Waals surface area contributed by atoms with Gasteiger partial charge in [0.1, 0.15) is 18.1 Å². The number of rotatable bonds is 5.